The van der Waals surface area contributed by atoms with Crippen LogP contribution in [0.2, 0.25) is 0 Å². The zero-order chi connectivity index (χ0) is 14.4. The predicted molar refractivity (Wildman–Crippen MR) is 80.7 cm³/mol. The molecule has 0 radical (unpaired) electrons. The van der Waals surface area contributed by atoms with Gasteiger partial charge in [-0.3, -0.25) is 4.98 Å². The predicted octanol–water partition coefficient (Wildman–Crippen LogP) is 3.38. The molecule has 2 aromatic heterocycles. The van der Waals surface area contributed by atoms with Crippen molar-refractivity contribution in [2.24, 2.45) is 0 Å². The molecular formula is C16H24N4. The number of rotatable bonds is 7. The third kappa shape index (κ3) is 3.89. The van der Waals surface area contributed by atoms with E-state index in [1.165, 1.54) is 12.0 Å². The fraction of sp³-hybridized carbons (Fsp3) is 0.562. The Bertz CT molecular complexity index is 517. The fourth-order valence-corrected chi connectivity index (χ4v) is 2.12. The lowest BCUT2D eigenvalue weighted by molar-refractivity contribution is 0.537. The van der Waals surface area contributed by atoms with Crippen LogP contribution in [0.1, 0.15) is 56.7 Å². The summed E-state index contributed by atoms with van der Waals surface area (Å²) in [5, 5.41) is 4.65. The summed E-state index contributed by atoms with van der Waals surface area (Å²) in [6.07, 6.45) is 7.95. The Balaban J connectivity index is 2.08. The summed E-state index contributed by atoms with van der Waals surface area (Å²) in [5.74, 6) is 2.46. The number of nitrogens with zero attached hydrogens (tertiary/aromatic N) is 4. The fourth-order valence-electron chi connectivity index (χ4n) is 2.12. The number of aryl methyl sites for hydroxylation is 3. The van der Waals surface area contributed by atoms with Crippen molar-refractivity contribution in [1.82, 2.24) is 19.7 Å². The molecule has 0 saturated heterocycles. The number of hydrogen-bond acceptors (Lipinski definition) is 3. The number of pyridine rings is 1. The minimum atomic E-state index is 0.387. The van der Waals surface area contributed by atoms with Crippen molar-refractivity contribution >= 4 is 0 Å². The first-order valence-electron chi connectivity index (χ1n) is 7.53. The molecule has 0 aliphatic carbocycles. The Morgan fingerprint density at radius 3 is 2.55 bits per heavy atom. The first-order chi connectivity index (χ1) is 9.70. The van der Waals surface area contributed by atoms with Crippen LogP contribution in [-0.2, 0) is 19.4 Å². The normalized spacial score (nSPS) is 11.2. The first kappa shape index (κ1) is 14.7. The maximum atomic E-state index is 4.71. The van der Waals surface area contributed by atoms with Gasteiger partial charge in [-0.25, -0.2) is 9.67 Å². The van der Waals surface area contributed by atoms with E-state index in [9.17, 15) is 0 Å². The van der Waals surface area contributed by atoms with E-state index in [0.717, 1.165) is 37.5 Å². The van der Waals surface area contributed by atoms with Gasteiger partial charge < -0.3 is 0 Å². The summed E-state index contributed by atoms with van der Waals surface area (Å²) >= 11 is 0. The quantitative estimate of drug-likeness (QED) is 0.776. The summed E-state index contributed by atoms with van der Waals surface area (Å²) in [6, 6.07) is 4.13. The van der Waals surface area contributed by atoms with Crippen LogP contribution in [0.25, 0.3) is 0 Å². The maximum absolute atomic E-state index is 4.71. The van der Waals surface area contributed by atoms with Crippen LogP contribution in [0.3, 0.4) is 0 Å². The van der Waals surface area contributed by atoms with E-state index in [1.807, 2.05) is 12.4 Å². The molecule has 0 bridgehead atoms. The van der Waals surface area contributed by atoms with Gasteiger partial charge in [-0.05, 0) is 30.5 Å². The second-order valence-corrected chi connectivity index (χ2v) is 5.47. The Morgan fingerprint density at radius 1 is 1.15 bits per heavy atom. The molecule has 20 heavy (non-hydrogen) atoms. The zero-order valence-corrected chi connectivity index (χ0v) is 12.7. The molecule has 0 saturated carbocycles. The van der Waals surface area contributed by atoms with Crippen LogP contribution in [-0.4, -0.2) is 19.7 Å². The summed E-state index contributed by atoms with van der Waals surface area (Å²) < 4.78 is 2.10. The molecule has 0 aromatic carbocycles. The molecule has 0 spiro atoms. The number of unbranched alkanes of at least 4 members (excludes halogenated alkanes) is 1. The largest absolute Gasteiger partial charge is 0.265 e. The van der Waals surface area contributed by atoms with Crippen LogP contribution in [0.4, 0.5) is 0 Å². The Hall–Kier alpha value is -1.71. The summed E-state index contributed by atoms with van der Waals surface area (Å²) in [4.78, 5) is 8.77. The minimum absolute atomic E-state index is 0.387. The summed E-state index contributed by atoms with van der Waals surface area (Å²) in [5.41, 5.74) is 1.30. The van der Waals surface area contributed by atoms with Crippen LogP contribution in [0.15, 0.2) is 24.5 Å². The summed E-state index contributed by atoms with van der Waals surface area (Å²) in [6.45, 7) is 7.47. The topological polar surface area (TPSA) is 43.6 Å². The smallest absolute Gasteiger partial charge is 0.153 e. The molecule has 4 nitrogen and oxygen atoms in total. The lowest BCUT2D eigenvalue weighted by atomic mass is 10.1. The van der Waals surface area contributed by atoms with E-state index in [0.29, 0.717) is 5.92 Å². The van der Waals surface area contributed by atoms with Crippen LogP contribution in [0.5, 0.6) is 0 Å². The molecule has 2 heterocycles. The van der Waals surface area contributed by atoms with E-state index in [4.69, 9.17) is 4.98 Å². The molecule has 0 amide bonds. The lowest BCUT2D eigenvalue weighted by Gasteiger charge is -2.05. The molecule has 2 rings (SSSR count). The average molecular weight is 272 g/mol. The van der Waals surface area contributed by atoms with E-state index in [1.54, 1.807) is 0 Å². The third-order valence-corrected chi connectivity index (χ3v) is 3.39. The van der Waals surface area contributed by atoms with Gasteiger partial charge in [0.15, 0.2) is 5.82 Å². The van der Waals surface area contributed by atoms with E-state index in [-0.39, 0.29) is 0 Å². The standard InChI is InChI=1S/C16H24N4/c1-4-5-12-20-15(18-16(19-20)13(2)3)7-6-14-8-10-17-11-9-14/h8-11,13H,4-7,12H2,1-3H3. The second-order valence-electron chi connectivity index (χ2n) is 5.47. The average Bonchev–Trinajstić information content (AvgIpc) is 2.87. The SMILES string of the molecule is CCCCn1nc(C(C)C)nc1CCc1ccncc1. The highest BCUT2D eigenvalue weighted by Crippen LogP contribution is 2.13. The molecule has 4 heteroatoms. The molecule has 2 aromatic rings. The highest BCUT2D eigenvalue weighted by molar-refractivity contribution is 5.11. The van der Waals surface area contributed by atoms with Gasteiger partial charge in [0.25, 0.3) is 0 Å². The van der Waals surface area contributed by atoms with Crippen molar-refractivity contribution in [3.8, 4) is 0 Å². The van der Waals surface area contributed by atoms with E-state index >= 15 is 0 Å². The van der Waals surface area contributed by atoms with Gasteiger partial charge in [0.2, 0.25) is 0 Å². The molecule has 0 aliphatic rings. The molecule has 0 atom stereocenters. The molecule has 0 unspecified atom stereocenters. The first-order valence-corrected chi connectivity index (χ1v) is 7.53. The van der Waals surface area contributed by atoms with Crippen LogP contribution < -0.4 is 0 Å². The Labute approximate surface area is 121 Å². The molecule has 108 valence electrons. The molecule has 0 aliphatic heterocycles. The van der Waals surface area contributed by atoms with Crippen molar-refractivity contribution in [2.45, 2.75) is 58.9 Å². The Morgan fingerprint density at radius 2 is 1.90 bits per heavy atom. The van der Waals surface area contributed by atoms with Crippen LogP contribution in [0, 0.1) is 0 Å². The molecular weight excluding hydrogens is 248 g/mol. The summed E-state index contributed by atoms with van der Waals surface area (Å²) in [7, 11) is 0. The van der Waals surface area contributed by atoms with Crippen molar-refractivity contribution < 1.29 is 0 Å². The zero-order valence-electron chi connectivity index (χ0n) is 12.7. The van der Waals surface area contributed by atoms with Gasteiger partial charge in [-0.1, -0.05) is 27.2 Å². The number of hydrogen-bond donors (Lipinski definition) is 0. The molecule has 0 N–H and O–H groups in total. The van der Waals surface area contributed by atoms with E-state index < -0.39 is 0 Å². The lowest BCUT2D eigenvalue weighted by Crippen LogP contribution is -2.07. The minimum Gasteiger partial charge on any atom is -0.265 e. The Kier molecular flexibility index (Phi) is 5.27. The molecule has 0 fully saturated rings. The van der Waals surface area contributed by atoms with Gasteiger partial charge >= 0.3 is 0 Å². The van der Waals surface area contributed by atoms with Gasteiger partial charge in [0, 0.05) is 31.3 Å². The van der Waals surface area contributed by atoms with Crippen molar-refractivity contribution in [2.75, 3.05) is 0 Å². The highest BCUT2D eigenvalue weighted by atomic mass is 15.3. The third-order valence-electron chi connectivity index (χ3n) is 3.39. The van der Waals surface area contributed by atoms with Crippen molar-refractivity contribution in [3.05, 3.63) is 41.7 Å². The number of aromatic nitrogens is 4. The highest BCUT2D eigenvalue weighted by Gasteiger charge is 2.12. The van der Waals surface area contributed by atoms with Gasteiger partial charge in [-0.2, -0.15) is 5.10 Å². The van der Waals surface area contributed by atoms with Gasteiger partial charge in [0.1, 0.15) is 5.82 Å². The second kappa shape index (κ2) is 7.17. The van der Waals surface area contributed by atoms with Crippen molar-refractivity contribution in [1.29, 1.82) is 0 Å². The van der Waals surface area contributed by atoms with Crippen molar-refractivity contribution in [3.63, 3.8) is 0 Å². The maximum Gasteiger partial charge on any atom is 0.153 e. The van der Waals surface area contributed by atoms with Crippen LogP contribution >= 0.6 is 0 Å². The van der Waals surface area contributed by atoms with Gasteiger partial charge in [-0.15, -0.1) is 0 Å². The van der Waals surface area contributed by atoms with Gasteiger partial charge in [0.05, 0.1) is 0 Å². The van der Waals surface area contributed by atoms with E-state index in [2.05, 4.69) is 47.7 Å². The monoisotopic (exact) mass is 272 g/mol.